The first-order valence-electron chi connectivity index (χ1n) is 6.64. The van der Waals surface area contributed by atoms with Crippen molar-refractivity contribution in [2.75, 3.05) is 7.05 Å². The molecule has 1 aromatic heterocycles. The highest BCUT2D eigenvalue weighted by Gasteiger charge is 2.26. The van der Waals surface area contributed by atoms with E-state index < -0.39 is 0 Å². The van der Waals surface area contributed by atoms with Gasteiger partial charge in [0.2, 0.25) is 0 Å². The monoisotopic (exact) mass is 241 g/mol. The van der Waals surface area contributed by atoms with E-state index in [1.807, 2.05) is 13.3 Å². The lowest BCUT2D eigenvalue weighted by Crippen LogP contribution is -2.29. The molecular weight excluding hydrogens is 222 g/mol. The number of aryl methyl sites for hydroxylation is 1. The fourth-order valence-corrected chi connectivity index (χ4v) is 3.14. The maximum absolute atomic E-state index is 5.22. The van der Waals surface area contributed by atoms with E-state index in [2.05, 4.69) is 35.6 Å². The van der Waals surface area contributed by atoms with Gasteiger partial charge in [-0.25, -0.2) is 0 Å². The van der Waals surface area contributed by atoms with Crippen molar-refractivity contribution in [1.29, 1.82) is 0 Å². The first kappa shape index (κ1) is 11.5. The fourth-order valence-electron chi connectivity index (χ4n) is 3.14. The van der Waals surface area contributed by atoms with Gasteiger partial charge in [-0.1, -0.05) is 24.3 Å². The number of rotatable bonds is 3. The number of nitrogens with one attached hydrogen (secondary N) is 1. The van der Waals surface area contributed by atoms with Crippen molar-refractivity contribution in [3.05, 3.63) is 59.5 Å². The standard InChI is InChI=1S/C16H19NO/c1-17-16(15-8-9-18-11-15)14-7-6-12-4-2-3-5-13(12)10-14/h2-5,8-9,11,14,16-17H,6-7,10H2,1H3. The topological polar surface area (TPSA) is 25.2 Å². The highest BCUT2D eigenvalue weighted by molar-refractivity contribution is 5.30. The zero-order valence-corrected chi connectivity index (χ0v) is 10.7. The van der Waals surface area contributed by atoms with E-state index in [-0.39, 0.29) is 0 Å². The molecule has 2 heteroatoms. The zero-order chi connectivity index (χ0) is 12.4. The fraction of sp³-hybridized carbons (Fsp3) is 0.375. The van der Waals surface area contributed by atoms with Crippen molar-refractivity contribution in [1.82, 2.24) is 5.32 Å². The van der Waals surface area contributed by atoms with Crippen LogP contribution in [0.4, 0.5) is 0 Å². The van der Waals surface area contributed by atoms with Crippen LogP contribution in [-0.2, 0) is 12.8 Å². The van der Waals surface area contributed by atoms with Crippen LogP contribution >= 0.6 is 0 Å². The van der Waals surface area contributed by atoms with E-state index in [4.69, 9.17) is 4.42 Å². The van der Waals surface area contributed by atoms with Crippen molar-refractivity contribution in [3.8, 4) is 0 Å². The van der Waals surface area contributed by atoms with Crippen molar-refractivity contribution in [2.45, 2.75) is 25.3 Å². The maximum atomic E-state index is 5.22. The van der Waals surface area contributed by atoms with Gasteiger partial charge in [-0.2, -0.15) is 0 Å². The molecular formula is C16H19NO. The summed E-state index contributed by atoms with van der Waals surface area (Å²) in [5.41, 5.74) is 4.30. The molecule has 18 heavy (non-hydrogen) atoms. The molecule has 1 N–H and O–H groups in total. The number of furan rings is 1. The molecule has 0 aliphatic heterocycles. The predicted molar refractivity (Wildman–Crippen MR) is 72.5 cm³/mol. The molecule has 2 unspecified atom stereocenters. The van der Waals surface area contributed by atoms with Gasteiger partial charge in [0.1, 0.15) is 0 Å². The second kappa shape index (κ2) is 4.99. The van der Waals surface area contributed by atoms with Gasteiger partial charge in [-0.3, -0.25) is 0 Å². The first-order valence-corrected chi connectivity index (χ1v) is 6.64. The molecule has 3 rings (SSSR count). The summed E-state index contributed by atoms with van der Waals surface area (Å²) in [7, 11) is 2.04. The molecule has 0 radical (unpaired) electrons. The summed E-state index contributed by atoms with van der Waals surface area (Å²) in [6, 6.07) is 11.3. The lowest BCUT2D eigenvalue weighted by Gasteiger charge is -2.31. The van der Waals surface area contributed by atoms with E-state index in [0.29, 0.717) is 12.0 Å². The highest BCUT2D eigenvalue weighted by Crippen LogP contribution is 2.34. The lowest BCUT2D eigenvalue weighted by atomic mass is 9.78. The average molecular weight is 241 g/mol. The Morgan fingerprint density at radius 2 is 2.06 bits per heavy atom. The van der Waals surface area contributed by atoms with Gasteiger partial charge in [0.15, 0.2) is 0 Å². The van der Waals surface area contributed by atoms with Crippen LogP contribution in [0.15, 0.2) is 47.3 Å². The summed E-state index contributed by atoms with van der Waals surface area (Å²) in [5, 5.41) is 3.44. The maximum Gasteiger partial charge on any atom is 0.0950 e. The number of hydrogen-bond acceptors (Lipinski definition) is 2. The molecule has 1 aliphatic rings. The Kier molecular flexibility index (Phi) is 3.20. The van der Waals surface area contributed by atoms with Gasteiger partial charge in [-0.05, 0) is 49.4 Å². The van der Waals surface area contributed by atoms with Crippen LogP contribution < -0.4 is 5.32 Å². The molecule has 0 saturated heterocycles. The molecule has 0 fully saturated rings. The third-order valence-electron chi connectivity index (χ3n) is 4.07. The summed E-state index contributed by atoms with van der Waals surface area (Å²) in [5.74, 6) is 0.655. The molecule has 1 heterocycles. The summed E-state index contributed by atoms with van der Waals surface area (Å²) >= 11 is 0. The van der Waals surface area contributed by atoms with Crippen LogP contribution in [0.1, 0.15) is 29.2 Å². The van der Waals surface area contributed by atoms with E-state index in [1.165, 1.54) is 29.5 Å². The van der Waals surface area contributed by atoms with Crippen LogP contribution in [0.3, 0.4) is 0 Å². The van der Waals surface area contributed by atoms with E-state index in [9.17, 15) is 0 Å². The molecule has 0 spiro atoms. The second-order valence-corrected chi connectivity index (χ2v) is 5.09. The van der Waals surface area contributed by atoms with Crippen LogP contribution in [0, 0.1) is 5.92 Å². The quantitative estimate of drug-likeness (QED) is 0.891. The van der Waals surface area contributed by atoms with Gasteiger partial charge in [0, 0.05) is 11.6 Å². The van der Waals surface area contributed by atoms with Crippen LogP contribution in [0.2, 0.25) is 0 Å². The highest BCUT2D eigenvalue weighted by atomic mass is 16.3. The van der Waals surface area contributed by atoms with Gasteiger partial charge in [0.25, 0.3) is 0 Å². The van der Waals surface area contributed by atoms with Gasteiger partial charge >= 0.3 is 0 Å². The van der Waals surface area contributed by atoms with Crippen molar-refractivity contribution in [2.24, 2.45) is 5.92 Å². The molecule has 0 bridgehead atoms. The van der Waals surface area contributed by atoms with Crippen molar-refractivity contribution in [3.63, 3.8) is 0 Å². The predicted octanol–water partition coefficient (Wildman–Crippen LogP) is 3.35. The minimum atomic E-state index is 0.400. The van der Waals surface area contributed by atoms with E-state index in [0.717, 1.165) is 6.42 Å². The Bertz CT molecular complexity index is 504. The average Bonchev–Trinajstić information content (AvgIpc) is 2.93. The Morgan fingerprint density at radius 3 is 2.78 bits per heavy atom. The molecule has 1 aliphatic carbocycles. The van der Waals surface area contributed by atoms with Gasteiger partial charge in [-0.15, -0.1) is 0 Å². The Labute approximate surface area is 108 Å². The van der Waals surface area contributed by atoms with Crippen LogP contribution in [0.25, 0.3) is 0 Å². The minimum Gasteiger partial charge on any atom is -0.472 e. The summed E-state index contributed by atoms with van der Waals surface area (Å²) in [4.78, 5) is 0. The number of fused-ring (bicyclic) bond motifs is 1. The zero-order valence-electron chi connectivity index (χ0n) is 10.7. The third-order valence-corrected chi connectivity index (χ3v) is 4.07. The van der Waals surface area contributed by atoms with Crippen LogP contribution in [-0.4, -0.2) is 7.05 Å². The summed E-state index contributed by atoms with van der Waals surface area (Å²) in [6.45, 7) is 0. The van der Waals surface area contributed by atoms with Gasteiger partial charge < -0.3 is 9.73 Å². The van der Waals surface area contributed by atoms with Crippen molar-refractivity contribution >= 4 is 0 Å². The number of hydrogen-bond donors (Lipinski definition) is 1. The largest absolute Gasteiger partial charge is 0.472 e. The molecule has 2 nitrogen and oxygen atoms in total. The Morgan fingerprint density at radius 1 is 1.22 bits per heavy atom. The molecule has 2 atom stereocenters. The van der Waals surface area contributed by atoms with Crippen molar-refractivity contribution < 1.29 is 4.42 Å². The summed E-state index contributed by atoms with van der Waals surface area (Å²) < 4.78 is 5.22. The van der Waals surface area contributed by atoms with E-state index in [1.54, 1.807) is 6.26 Å². The Hall–Kier alpha value is -1.54. The first-order chi connectivity index (χ1) is 8.88. The lowest BCUT2D eigenvalue weighted by molar-refractivity contribution is 0.340. The molecule has 2 aromatic rings. The molecule has 0 saturated carbocycles. The van der Waals surface area contributed by atoms with Gasteiger partial charge in [0.05, 0.1) is 12.5 Å². The molecule has 1 aromatic carbocycles. The SMILES string of the molecule is CNC(c1ccoc1)C1CCc2ccccc2C1. The molecule has 94 valence electrons. The van der Waals surface area contributed by atoms with E-state index >= 15 is 0 Å². The number of benzene rings is 1. The normalized spacial score (nSPS) is 20.4. The minimum absolute atomic E-state index is 0.400. The van der Waals surface area contributed by atoms with Crippen LogP contribution in [0.5, 0.6) is 0 Å². The Balaban J connectivity index is 1.82. The molecule has 0 amide bonds. The summed E-state index contributed by atoms with van der Waals surface area (Å²) in [6.07, 6.45) is 7.22. The third kappa shape index (κ3) is 2.08. The smallest absolute Gasteiger partial charge is 0.0950 e. The second-order valence-electron chi connectivity index (χ2n) is 5.09.